The molecule has 2 bridgehead atoms. The largest absolute Gasteiger partial charge is 0.383 e. The van der Waals surface area contributed by atoms with Crippen molar-refractivity contribution in [1.29, 1.82) is 0 Å². The Labute approximate surface area is 67.3 Å². The summed E-state index contributed by atoms with van der Waals surface area (Å²) in [5.74, 6) is 0. The van der Waals surface area contributed by atoms with Gasteiger partial charge in [0.05, 0.1) is 19.3 Å². The second-order valence-corrected chi connectivity index (χ2v) is 3.33. The van der Waals surface area contributed by atoms with Crippen LogP contribution in [0.5, 0.6) is 0 Å². The van der Waals surface area contributed by atoms with Crippen molar-refractivity contribution >= 4 is 0 Å². The van der Waals surface area contributed by atoms with E-state index in [2.05, 4.69) is 4.90 Å². The van der Waals surface area contributed by atoms with Crippen molar-refractivity contribution in [3.8, 4) is 0 Å². The molecule has 3 heteroatoms. The fraction of sp³-hybridized carbons (Fsp3) is 1.00. The standard InChI is InChI=1S/C8H15NO2/c1-10-3-2-9-5-8-4-7(9)6-11-8/h7-8H,2-6H2,1H3. The van der Waals surface area contributed by atoms with Crippen LogP contribution in [0.2, 0.25) is 0 Å². The van der Waals surface area contributed by atoms with Gasteiger partial charge >= 0.3 is 0 Å². The highest BCUT2D eigenvalue weighted by Crippen LogP contribution is 2.26. The van der Waals surface area contributed by atoms with Gasteiger partial charge in [-0.15, -0.1) is 0 Å². The lowest BCUT2D eigenvalue weighted by Gasteiger charge is -2.25. The summed E-state index contributed by atoms with van der Waals surface area (Å²) in [7, 11) is 1.75. The molecule has 0 amide bonds. The third-order valence-electron chi connectivity index (χ3n) is 2.60. The number of rotatable bonds is 3. The minimum absolute atomic E-state index is 0.525. The third-order valence-corrected chi connectivity index (χ3v) is 2.60. The van der Waals surface area contributed by atoms with Crippen LogP contribution in [-0.2, 0) is 9.47 Å². The number of methoxy groups -OCH3 is 1. The van der Waals surface area contributed by atoms with Crippen LogP contribution in [0.3, 0.4) is 0 Å². The average Bonchev–Trinajstić information content (AvgIpc) is 2.60. The Balaban J connectivity index is 1.78. The van der Waals surface area contributed by atoms with Gasteiger partial charge < -0.3 is 9.47 Å². The van der Waals surface area contributed by atoms with Gasteiger partial charge in [-0.3, -0.25) is 4.90 Å². The molecule has 0 aromatic rings. The number of nitrogens with zero attached hydrogens (tertiary/aromatic N) is 1. The first-order valence-corrected chi connectivity index (χ1v) is 4.24. The monoisotopic (exact) mass is 157 g/mol. The predicted octanol–water partition coefficient (Wildman–Crippen LogP) is 0.106. The Morgan fingerprint density at radius 2 is 2.55 bits per heavy atom. The molecule has 0 aromatic heterocycles. The van der Waals surface area contributed by atoms with Gasteiger partial charge in [-0.25, -0.2) is 0 Å². The highest BCUT2D eigenvalue weighted by Gasteiger charge is 2.38. The number of likely N-dealkylation sites (tertiary alicyclic amines) is 1. The molecule has 11 heavy (non-hydrogen) atoms. The first-order valence-electron chi connectivity index (χ1n) is 4.24. The molecule has 2 heterocycles. The first kappa shape index (κ1) is 7.53. The molecule has 0 spiro atoms. The maximum atomic E-state index is 5.48. The minimum Gasteiger partial charge on any atom is -0.383 e. The van der Waals surface area contributed by atoms with Crippen molar-refractivity contribution < 1.29 is 9.47 Å². The highest BCUT2D eigenvalue weighted by molar-refractivity contribution is 4.91. The number of ether oxygens (including phenoxy) is 2. The van der Waals surface area contributed by atoms with Gasteiger partial charge in [0.15, 0.2) is 0 Å². The Morgan fingerprint density at radius 3 is 3.09 bits per heavy atom. The summed E-state index contributed by atoms with van der Waals surface area (Å²) < 4.78 is 10.5. The molecule has 0 N–H and O–H groups in total. The van der Waals surface area contributed by atoms with Crippen LogP contribution in [0.15, 0.2) is 0 Å². The topological polar surface area (TPSA) is 21.7 Å². The maximum absolute atomic E-state index is 5.48. The molecule has 2 fully saturated rings. The van der Waals surface area contributed by atoms with E-state index in [9.17, 15) is 0 Å². The Kier molecular flexibility index (Phi) is 2.11. The molecule has 0 aliphatic carbocycles. The first-order chi connectivity index (χ1) is 5.40. The number of hydrogen-bond donors (Lipinski definition) is 0. The Bertz CT molecular complexity index is 140. The average molecular weight is 157 g/mol. The van der Waals surface area contributed by atoms with Crippen LogP contribution in [0.4, 0.5) is 0 Å². The van der Waals surface area contributed by atoms with E-state index in [1.807, 2.05) is 0 Å². The molecule has 0 aromatic carbocycles. The second-order valence-electron chi connectivity index (χ2n) is 3.33. The molecule has 64 valence electrons. The summed E-state index contributed by atoms with van der Waals surface area (Å²) in [6, 6.07) is 0.690. The van der Waals surface area contributed by atoms with E-state index >= 15 is 0 Å². The number of morpholine rings is 1. The van der Waals surface area contributed by atoms with Crippen LogP contribution >= 0.6 is 0 Å². The van der Waals surface area contributed by atoms with Crippen molar-refractivity contribution in [3.05, 3.63) is 0 Å². The molecular formula is C8H15NO2. The van der Waals surface area contributed by atoms with Crippen molar-refractivity contribution in [3.63, 3.8) is 0 Å². The SMILES string of the molecule is COCCN1CC2CC1CO2. The van der Waals surface area contributed by atoms with Crippen LogP contribution in [0, 0.1) is 0 Å². The van der Waals surface area contributed by atoms with Crippen molar-refractivity contribution in [2.75, 3.05) is 33.4 Å². The quantitative estimate of drug-likeness (QED) is 0.580. The highest BCUT2D eigenvalue weighted by atomic mass is 16.5. The van der Waals surface area contributed by atoms with Gasteiger partial charge in [0.2, 0.25) is 0 Å². The van der Waals surface area contributed by atoms with Gasteiger partial charge in [0.1, 0.15) is 0 Å². The summed E-state index contributed by atoms with van der Waals surface area (Å²) in [5, 5.41) is 0. The van der Waals surface area contributed by atoms with Crippen LogP contribution in [0.25, 0.3) is 0 Å². The minimum atomic E-state index is 0.525. The van der Waals surface area contributed by atoms with E-state index in [0.29, 0.717) is 12.1 Å². The van der Waals surface area contributed by atoms with Crippen molar-refractivity contribution in [2.24, 2.45) is 0 Å². The smallest absolute Gasteiger partial charge is 0.0718 e. The zero-order valence-corrected chi connectivity index (χ0v) is 6.95. The predicted molar refractivity (Wildman–Crippen MR) is 41.6 cm³/mol. The lowest BCUT2D eigenvalue weighted by molar-refractivity contribution is 0.0206. The van der Waals surface area contributed by atoms with Crippen LogP contribution in [0.1, 0.15) is 6.42 Å². The number of hydrogen-bond acceptors (Lipinski definition) is 3. The maximum Gasteiger partial charge on any atom is 0.0718 e. The molecule has 2 rings (SSSR count). The van der Waals surface area contributed by atoms with Crippen LogP contribution in [-0.4, -0.2) is 50.5 Å². The van der Waals surface area contributed by atoms with E-state index in [4.69, 9.17) is 9.47 Å². The van der Waals surface area contributed by atoms with Crippen molar-refractivity contribution in [2.45, 2.75) is 18.6 Å². The molecule has 2 atom stereocenters. The van der Waals surface area contributed by atoms with Gasteiger partial charge in [-0.05, 0) is 6.42 Å². The molecule has 0 saturated carbocycles. The third kappa shape index (κ3) is 1.41. The van der Waals surface area contributed by atoms with E-state index in [0.717, 1.165) is 26.3 Å². The Hall–Kier alpha value is -0.120. The van der Waals surface area contributed by atoms with Crippen LogP contribution < -0.4 is 0 Å². The number of fused-ring (bicyclic) bond motifs is 2. The normalized spacial score (nSPS) is 36.8. The molecule has 0 radical (unpaired) electrons. The van der Waals surface area contributed by atoms with E-state index < -0.39 is 0 Å². The summed E-state index contributed by atoms with van der Waals surface area (Å²) in [6.07, 6.45) is 1.76. The van der Waals surface area contributed by atoms with Gasteiger partial charge in [0.25, 0.3) is 0 Å². The zero-order valence-electron chi connectivity index (χ0n) is 6.95. The summed E-state index contributed by atoms with van der Waals surface area (Å²) in [4.78, 5) is 2.47. The molecule has 2 aliphatic heterocycles. The van der Waals surface area contributed by atoms with E-state index in [-0.39, 0.29) is 0 Å². The van der Waals surface area contributed by atoms with Gasteiger partial charge in [-0.2, -0.15) is 0 Å². The summed E-state index contributed by atoms with van der Waals surface area (Å²) >= 11 is 0. The Morgan fingerprint density at radius 1 is 1.64 bits per heavy atom. The molecule has 2 unspecified atom stereocenters. The molecule has 3 nitrogen and oxygen atoms in total. The fourth-order valence-corrected chi connectivity index (χ4v) is 1.96. The zero-order chi connectivity index (χ0) is 7.68. The molecule has 2 saturated heterocycles. The van der Waals surface area contributed by atoms with Gasteiger partial charge in [-0.1, -0.05) is 0 Å². The van der Waals surface area contributed by atoms with Crippen molar-refractivity contribution in [1.82, 2.24) is 4.90 Å². The molecule has 2 aliphatic rings. The van der Waals surface area contributed by atoms with Gasteiger partial charge in [0, 0.05) is 26.2 Å². The fourth-order valence-electron chi connectivity index (χ4n) is 1.96. The molecular weight excluding hydrogens is 142 g/mol. The van der Waals surface area contributed by atoms with E-state index in [1.165, 1.54) is 6.42 Å². The summed E-state index contributed by atoms with van der Waals surface area (Å²) in [6.45, 7) is 3.98. The second kappa shape index (κ2) is 3.09. The lowest BCUT2D eigenvalue weighted by Crippen LogP contribution is -2.38. The lowest BCUT2D eigenvalue weighted by atomic mass is 10.2. The summed E-state index contributed by atoms with van der Waals surface area (Å²) in [5.41, 5.74) is 0. The van der Waals surface area contributed by atoms with E-state index in [1.54, 1.807) is 7.11 Å².